The summed E-state index contributed by atoms with van der Waals surface area (Å²) < 4.78 is 120. The third-order valence-electron chi connectivity index (χ3n) is 6.08. The van der Waals surface area contributed by atoms with Gasteiger partial charge in [0.1, 0.15) is 5.82 Å². The van der Waals surface area contributed by atoms with Crippen LogP contribution < -0.4 is 0 Å². The first kappa shape index (κ1) is 30.5. The van der Waals surface area contributed by atoms with Gasteiger partial charge < -0.3 is 9.40 Å². The van der Waals surface area contributed by atoms with E-state index < -0.39 is 56.4 Å². The van der Waals surface area contributed by atoms with Crippen molar-refractivity contribution in [1.29, 1.82) is 0 Å². The van der Waals surface area contributed by atoms with Crippen molar-refractivity contribution in [2.75, 3.05) is 6.26 Å². The van der Waals surface area contributed by atoms with Crippen LogP contribution in [0.15, 0.2) is 88.9 Å². The summed E-state index contributed by atoms with van der Waals surface area (Å²) in [5, 5.41) is 3.00. The van der Waals surface area contributed by atoms with Crippen LogP contribution in [0, 0.1) is 12.7 Å². The highest BCUT2D eigenvalue weighted by molar-refractivity contribution is 7.90. The van der Waals surface area contributed by atoms with Gasteiger partial charge in [-0.25, -0.2) is 17.6 Å². The molecular weight excluding hydrogens is 593 g/mol. The molecule has 0 saturated carbocycles. The van der Waals surface area contributed by atoms with E-state index in [1.165, 1.54) is 47.9 Å². The first-order chi connectivity index (χ1) is 19.5. The third-order valence-corrected chi connectivity index (χ3v) is 7.21. The first-order valence-electron chi connectivity index (χ1n) is 11.8. The Morgan fingerprint density at radius 3 is 2.05 bits per heavy atom. The lowest BCUT2D eigenvalue weighted by Gasteiger charge is -2.14. The molecule has 1 heterocycles. The van der Waals surface area contributed by atoms with Crippen molar-refractivity contribution in [2.24, 2.45) is 5.16 Å². The largest absolute Gasteiger partial charge is 0.437 e. The van der Waals surface area contributed by atoms with Gasteiger partial charge >= 0.3 is 18.3 Å². The summed E-state index contributed by atoms with van der Waals surface area (Å²) in [5.74, 6) is -2.17. The Morgan fingerprint density at radius 1 is 0.881 bits per heavy atom. The number of oxime groups is 1. The highest BCUT2D eigenvalue weighted by Gasteiger charge is 2.40. The van der Waals surface area contributed by atoms with Crippen molar-refractivity contribution < 1.29 is 48.8 Å². The van der Waals surface area contributed by atoms with Crippen LogP contribution in [-0.4, -0.2) is 37.1 Å². The number of carbonyl (C=O) groups is 1. The van der Waals surface area contributed by atoms with E-state index in [0.717, 1.165) is 36.6 Å². The van der Waals surface area contributed by atoms with Gasteiger partial charge in [-0.05, 0) is 73.2 Å². The number of hydrogen-bond acceptors (Lipinski definition) is 5. The average Bonchev–Trinajstić information content (AvgIpc) is 3.24. The first-order valence-corrected chi connectivity index (χ1v) is 13.7. The van der Waals surface area contributed by atoms with E-state index in [1.54, 1.807) is 0 Å². The van der Waals surface area contributed by atoms with Crippen molar-refractivity contribution in [3.05, 3.63) is 107 Å². The van der Waals surface area contributed by atoms with Gasteiger partial charge in [-0.3, -0.25) is 0 Å². The van der Waals surface area contributed by atoms with Crippen molar-refractivity contribution >= 4 is 21.5 Å². The number of carbonyl (C=O) groups excluding carboxylic acids is 1. The summed E-state index contributed by atoms with van der Waals surface area (Å²) >= 11 is 0. The maximum atomic E-state index is 14.2. The van der Waals surface area contributed by atoms with Crippen molar-refractivity contribution in [1.82, 2.24) is 4.57 Å². The minimum atomic E-state index is -5.20. The minimum absolute atomic E-state index is 0.0397. The number of alkyl halides is 6. The lowest BCUT2D eigenvalue weighted by molar-refractivity contribution is -0.137. The predicted molar refractivity (Wildman–Crippen MR) is 138 cm³/mol. The molecule has 4 aromatic rings. The van der Waals surface area contributed by atoms with Crippen LogP contribution in [0.4, 0.5) is 30.7 Å². The number of sulfone groups is 1. The second kappa shape index (κ2) is 11.1. The van der Waals surface area contributed by atoms with Crippen molar-refractivity contribution in [3.63, 3.8) is 0 Å². The lowest BCUT2D eigenvalue weighted by Crippen LogP contribution is -2.25. The molecule has 6 nitrogen and oxygen atoms in total. The van der Waals surface area contributed by atoms with Crippen LogP contribution in [0.2, 0.25) is 0 Å². The molecule has 0 saturated heterocycles. The molecule has 4 rings (SSSR count). The molecule has 0 fully saturated rings. The number of hydrogen-bond donors (Lipinski definition) is 0. The molecule has 42 heavy (non-hydrogen) atoms. The molecule has 0 aliphatic rings. The maximum Gasteiger partial charge on any atom is 0.437 e. The summed E-state index contributed by atoms with van der Waals surface area (Å²) in [4.78, 5) is 16.8. The molecule has 0 aliphatic heterocycles. The third kappa shape index (κ3) is 6.54. The smallest absolute Gasteiger partial charge is 0.313 e. The van der Waals surface area contributed by atoms with Crippen LogP contribution in [0.5, 0.6) is 0 Å². The zero-order chi connectivity index (χ0) is 31.0. The zero-order valence-corrected chi connectivity index (χ0v) is 22.4. The quantitative estimate of drug-likeness (QED) is 0.100. The fraction of sp³-hybridized carbons (Fsp3) is 0.143. The van der Waals surface area contributed by atoms with Gasteiger partial charge in [0.2, 0.25) is 0 Å². The number of halogens is 7. The summed E-state index contributed by atoms with van der Waals surface area (Å²) in [5.41, 5.74) is -3.56. The van der Waals surface area contributed by atoms with Crippen LogP contribution in [0.3, 0.4) is 0 Å². The Bertz CT molecular complexity index is 1770. The van der Waals surface area contributed by atoms with Crippen LogP contribution in [0.25, 0.3) is 16.9 Å². The summed E-state index contributed by atoms with van der Waals surface area (Å²) in [6, 6.07) is 14.0. The molecular formula is C28H19F7N2O4S. The summed E-state index contributed by atoms with van der Waals surface area (Å²) in [7, 11) is -3.58. The van der Waals surface area contributed by atoms with E-state index in [1.807, 2.05) is 0 Å². The van der Waals surface area contributed by atoms with Crippen LogP contribution in [-0.2, 0) is 20.9 Å². The van der Waals surface area contributed by atoms with Gasteiger partial charge in [-0.2, -0.15) is 26.3 Å². The highest BCUT2D eigenvalue weighted by atomic mass is 32.2. The SMILES string of the molecule is Cc1c(C(=NOC(=O)c2cccc(C(F)(F)F)c2)C(F)(F)F)cc(-c2ccc(S(C)(=O)=O)cc2)n1-c1ccc(F)cc1. The lowest BCUT2D eigenvalue weighted by atomic mass is 10.1. The fourth-order valence-corrected chi connectivity index (χ4v) is 4.70. The van der Waals surface area contributed by atoms with Crippen LogP contribution in [0.1, 0.15) is 27.2 Å². The van der Waals surface area contributed by atoms with Gasteiger partial charge in [-0.15, -0.1) is 0 Å². The van der Waals surface area contributed by atoms with Crippen molar-refractivity contribution in [2.45, 2.75) is 24.2 Å². The average molecular weight is 613 g/mol. The Kier molecular flexibility index (Phi) is 8.05. The van der Waals surface area contributed by atoms with Crippen molar-refractivity contribution in [3.8, 4) is 16.9 Å². The minimum Gasteiger partial charge on any atom is -0.313 e. The van der Waals surface area contributed by atoms with E-state index in [0.29, 0.717) is 12.1 Å². The molecule has 0 amide bonds. The van der Waals surface area contributed by atoms with E-state index in [2.05, 4.69) is 9.99 Å². The Balaban J connectivity index is 1.84. The number of aromatic nitrogens is 1. The maximum absolute atomic E-state index is 14.2. The molecule has 0 bridgehead atoms. The van der Waals surface area contributed by atoms with Crippen LogP contribution >= 0.6 is 0 Å². The normalized spacial score (nSPS) is 12.8. The van der Waals surface area contributed by atoms with Gasteiger partial charge in [0.25, 0.3) is 0 Å². The second-order valence-electron chi connectivity index (χ2n) is 9.03. The molecule has 0 atom stereocenters. The Labute approximate surface area is 234 Å². The molecule has 14 heteroatoms. The second-order valence-corrected chi connectivity index (χ2v) is 11.0. The molecule has 3 aromatic carbocycles. The molecule has 0 unspecified atom stereocenters. The highest BCUT2D eigenvalue weighted by Crippen LogP contribution is 2.34. The molecule has 0 N–H and O–H groups in total. The molecule has 0 spiro atoms. The van der Waals surface area contributed by atoms with Gasteiger partial charge in [-0.1, -0.05) is 23.4 Å². The number of nitrogens with zero attached hydrogens (tertiary/aromatic N) is 2. The Hall–Kier alpha value is -4.46. The summed E-state index contributed by atoms with van der Waals surface area (Å²) in [6.07, 6.45) is -9.03. The fourth-order valence-electron chi connectivity index (χ4n) is 4.07. The topological polar surface area (TPSA) is 77.7 Å². The van der Waals surface area contributed by atoms with Gasteiger partial charge in [0.05, 0.1) is 21.7 Å². The predicted octanol–water partition coefficient (Wildman–Crippen LogP) is 7.14. The molecule has 0 aliphatic carbocycles. The van der Waals surface area contributed by atoms with E-state index in [4.69, 9.17) is 0 Å². The number of rotatable bonds is 6. The van der Waals surface area contributed by atoms with Gasteiger partial charge in [0, 0.05) is 23.2 Å². The summed E-state index contributed by atoms with van der Waals surface area (Å²) in [6.45, 7) is 1.29. The molecule has 0 radical (unpaired) electrons. The molecule has 220 valence electrons. The number of benzene rings is 3. The Morgan fingerprint density at radius 2 is 1.50 bits per heavy atom. The van der Waals surface area contributed by atoms with Gasteiger partial charge in [0.15, 0.2) is 15.5 Å². The zero-order valence-electron chi connectivity index (χ0n) is 21.6. The molecule has 1 aromatic heterocycles. The van der Waals surface area contributed by atoms with E-state index >= 15 is 0 Å². The standard InChI is InChI=1S/C28H19F7N2O4S/c1-16-23(25(28(33,34)35)36-41-26(38)18-4-3-5-19(14-18)27(30,31)32)15-24(37(16)21-10-8-20(29)9-11-21)17-6-12-22(13-7-17)42(2,39)40/h3-15H,1-2H3. The monoisotopic (exact) mass is 612 g/mol. The van der Waals surface area contributed by atoms with E-state index in [-0.39, 0.29) is 27.5 Å². The van der Waals surface area contributed by atoms with E-state index in [9.17, 15) is 43.9 Å².